The fraction of sp³-hybridized carbons (Fsp3) is 0.474. The summed E-state index contributed by atoms with van der Waals surface area (Å²) in [6, 6.07) is 4.06. The number of nitrogens with zero attached hydrogens (tertiary/aromatic N) is 4. The second-order valence-corrected chi connectivity index (χ2v) is 7.83. The van der Waals surface area contributed by atoms with Crippen molar-refractivity contribution in [3.8, 4) is 0 Å². The molecule has 0 unspecified atom stereocenters. The van der Waals surface area contributed by atoms with Crippen LogP contribution in [0.3, 0.4) is 0 Å². The van der Waals surface area contributed by atoms with Gasteiger partial charge >= 0.3 is 12.1 Å². The van der Waals surface area contributed by atoms with Crippen LogP contribution in [0.1, 0.15) is 22.0 Å². The Labute approximate surface area is 181 Å². The largest absolute Gasteiger partial charge is 0.490 e. The molecule has 170 valence electrons. The van der Waals surface area contributed by atoms with Gasteiger partial charge in [-0.05, 0) is 19.9 Å². The van der Waals surface area contributed by atoms with Gasteiger partial charge in [-0.1, -0.05) is 6.07 Å². The van der Waals surface area contributed by atoms with E-state index in [-0.39, 0.29) is 12.5 Å². The van der Waals surface area contributed by atoms with Gasteiger partial charge in [0.2, 0.25) is 5.91 Å². The third-order valence-corrected chi connectivity index (χ3v) is 5.10. The number of aryl methyl sites for hydroxylation is 2. The number of carbonyl (C=O) groups is 2. The average Bonchev–Trinajstić information content (AvgIpc) is 3.00. The Morgan fingerprint density at radius 2 is 1.90 bits per heavy atom. The van der Waals surface area contributed by atoms with Crippen LogP contribution in [0.15, 0.2) is 17.5 Å². The molecule has 0 spiro atoms. The van der Waals surface area contributed by atoms with Gasteiger partial charge in [0.1, 0.15) is 12.4 Å². The molecule has 1 amide bonds. The Kier molecular flexibility index (Phi) is 8.34. The lowest BCUT2D eigenvalue weighted by Crippen LogP contribution is -2.37. The number of pyridine rings is 1. The van der Waals surface area contributed by atoms with Crippen LogP contribution in [-0.2, 0) is 27.4 Å². The molecule has 8 nitrogen and oxygen atoms in total. The first-order chi connectivity index (χ1) is 14.5. The minimum Gasteiger partial charge on any atom is -0.475 e. The number of amides is 1. The standard InChI is InChI=1S/C17H22N4O2S.C2HF3O2/c1-12-4-5-14-8-20(16(22)10-23-3)6-7-21(17(14)18-12)9-15-11-24-13(2)19-15;3-2(4,5)1(6)7/h4-5,11H,6-10H2,1-3H3;(H,6,7). The molecular formula is C19H23F3N4O4S. The van der Waals surface area contributed by atoms with Crippen molar-refractivity contribution in [3.05, 3.63) is 39.5 Å². The van der Waals surface area contributed by atoms with Crippen molar-refractivity contribution in [1.82, 2.24) is 14.9 Å². The summed E-state index contributed by atoms with van der Waals surface area (Å²) < 4.78 is 36.7. The van der Waals surface area contributed by atoms with Crippen molar-refractivity contribution in [2.75, 3.05) is 31.7 Å². The number of anilines is 1. The summed E-state index contributed by atoms with van der Waals surface area (Å²) in [4.78, 5) is 34.5. The highest BCUT2D eigenvalue weighted by Gasteiger charge is 2.38. The minimum absolute atomic E-state index is 0.00961. The fourth-order valence-corrected chi connectivity index (χ4v) is 3.46. The van der Waals surface area contributed by atoms with E-state index in [1.807, 2.05) is 24.8 Å². The van der Waals surface area contributed by atoms with E-state index in [0.717, 1.165) is 34.3 Å². The van der Waals surface area contributed by atoms with E-state index in [0.29, 0.717) is 19.6 Å². The van der Waals surface area contributed by atoms with Crippen LogP contribution < -0.4 is 4.90 Å². The normalized spacial score (nSPS) is 13.7. The van der Waals surface area contributed by atoms with Crippen LogP contribution in [0.5, 0.6) is 0 Å². The Morgan fingerprint density at radius 1 is 1.23 bits per heavy atom. The zero-order valence-corrected chi connectivity index (χ0v) is 18.1. The maximum atomic E-state index is 12.2. The van der Waals surface area contributed by atoms with Gasteiger partial charge < -0.3 is 19.6 Å². The second kappa shape index (κ2) is 10.5. The molecule has 0 saturated carbocycles. The lowest BCUT2D eigenvalue weighted by atomic mass is 10.2. The summed E-state index contributed by atoms with van der Waals surface area (Å²) in [5, 5.41) is 10.3. The number of aromatic nitrogens is 2. The molecule has 0 fully saturated rings. The van der Waals surface area contributed by atoms with Gasteiger partial charge in [0, 0.05) is 43.4 Å². The number of thiazole rings is 1. The highest BCUT2D eigenvalue weighted by atomic mass is 32.1. The topological polar surface area (TPSA) is 95.9 Å². The van der Waals surface area contributed by atoms with Crippen molar-refractivity contribution in [2.45, 2.75) is 33.1 Å². The summed E-state index contributed by atoms with van der Waals surface area (Å²) in [6.45, 7) is 6.77. The minimum atomic E-state index is -5.08. The third-order valence-electron chi connectivity index (χ3n) is 4.28. The molecule has 3 rings (SSSR count). The number of hydrogen-bond donors (Lipinski definition) is 1. The molecule has 1 aliphatic heterocycles. The lowest BCUT2D eigenvalue weighted by Gasteiger charge is -2.23. The van der Waals surface area contributed by atoms with Crippen molar-refractivity contribution in [3.63, 3.8) is 0 Å². The number of fused-ring (bicyclic) bond motifs is 1. The first-order valence-corrected chi connectivity index (χ1v) is 10.1. The van der Waals surface area contributed by atoms with Crippen LogP contribution in [0, 0.1) is 13.8 Å². The number of carbonyl (C=O) groups excluding carboxylic acids is 1. The molecule has 1 aliphatic rings. The molecule has 0 bridgehead atoms. The van der Waals surface area contributed by atoms with Crippen molar-refractivity contribution >= 4 is 29.0 Å². The van der Waals surface area contributed by atoms with Crippen LogP contribution >= 0.6 is 11.3 Å². The van der Waals surface area contributed by atoms with Crippen LogP contribution in [0.25, 0.3) is 0 Å². The third kappa shape index (κ3) is 7.17. The van der Waals surface area contributed by atoms with Gasteiger partial charge in [0.15, 0.2) is 0 Å². The highest BCUT2D eigenvalue weighted by Crippen LogP contribution is 2.25. The number of halogens is 3. The SMILES string of the molecule is COCC(=O)N1CCN(Cc2csc(C)n2)c2nc(C)ccc2C1.O=C(O)C(F)(F)F. The number of carboxylic acids is 1. The zero-order valence-electron chi connectivity index (χ0n) is 17.3. The fourth-order valence-electron chi connectivity index (χ4n) is 2.86. The van der Waals surface area contributed by atoms with Gasteiger partial charge in [0.05, 0.1) is 17.2 Å². The molecule has 0 aliphatic carbocycles. The maximum absolute atomic E-state index is 12.2. The molecule has 1 N–H and O–H groups in total. The molecule has 12 heteroatoms. The van der Waals surface area contributed by atoms with Gasteiger partial charge in [-0.25, -0.2) is 14.8 Å². The van der Waals surface area contributed by atoms with Gasteiger partial charge in [-0.15, -0.1) is 11.3 Å². The highest BCUT2D eigenvalue weighted by molar-refractivity contribution is 7.09. The molecule has 2 aromatic rings. The number of hydrogen-bond acceptors (Lipinski definition) is 7. The molecule has 0 aromatic carbocycles. The summed E-state index contributed by atoms with van der Waals surface area (Å²) >= 11 is 1.66. The molecule has 3 heterocycles. The predicted octanol–water partition coefficient (Wildman–Crippen LogP) is 2.78. The monoisotopic (exact) mass is 460 g/mol. The van der Waals surface area contributed by atoms with Crippen LogP contribution in [0.4, 0.5) is 19.0 Å². The maximum Gasteiger partial charge on any atom is 0.490 e. The molecule has 2 aromatic heterocycles. The Hall–Kier alpha value is -2.73. The molecule has 31 heavy (non-hydrogen) atoms. The summed E-state index contributed by atoms with van der Waals surface area (Å²) in [5.41, 5.74) is 3.09. The Bertz CT molecular complexity index is 920. The van der Waals surface area contributed by atoms with E-state index in [2.05, 4.69) is 21.3 Å². The van der Waals surface area contributed by atoms with Crippen molar-refractivity contribution < 1.29 is 32.6 Å². The van der Waals surface area contributed by atoms with E-state index in [1.165, 1.54) is 0 Å². The number of ether oxygens (including phenoxy) is 1. The van der Waals surface area contributed by atoms with E-state index < -0.39 is 12.1 Å². The Balaban J connectivity index is 0.000000423. The summed E-state index contributed by atoms with van der Waals surface area (Å²) in [5.74, 6) is -1.80. The lowest BCUT2D eigenvalue weighted by molar-refractivity contribution is -0.192. The van der Waals surface area contributed by atoms with Gasteiger partial charge in [0.25, 0.3) is 0 Å². The van der Waals surface area contributed by atoms with Gasteiger partial charge in [-0.2, -0.15) is 13.2 Å². The first kappa shape index (κ1) is 24.5. The Morgan fingerprint density at radius 3 is 2.45 bits per heavy atom. The second-order valence-electron chi connectivity index (χ2n) is 6.77. The van der Waals surface area contributed by atoms with Crippen LogP contribution in [0.2, 0.25) is 0 Å². The predicted molar refractivity (Wildman–Crippen MR) is 108 cm³/mol. The van der Waals surface area contributed by atoms with Crippen LogP contribution in [-0.4, -0.2) is 64.8 Å². The van der Waals surface area contributed by atoms with Crippen molar-refractivity contribution in [2.24, 2.45) is 0 Å². The molecule has 0 saturated heterocycles. The van der Waals surface area contributed by atoms with E-state index in [4.69, 9.17) is 19.6 Å². The number of aliphatic carboxylic acids is 1. The number of alkyl halides is 3. The molecule has 0 atom stereocenters. The van der Waals surface area contributed by atoms with E-state index >= 15 is 0 Å². The van der Waals surface area contributed by atoms with Crippen molar-refractivity contribution in [1.29, 1.82) is 0 Å². The summed E-state index contributed by atoms with van der Waals surface area (Å²) in [7, 11) is 1.55. The smallest absolute Gasteiger partial charge is 0.475 e. The first-order valence-electron chi connectivity index (χ1n) is 9.20. The van der Waals surface area contributed by atoms with E-state index in [1.54, 1.807) is 18.4 Å². The van der Waals surface area contributed by atoms with Gasteiger partial charge in [-0.3, -0.25) is 4.79 Å². The quantitative estimate of drug-likeness (QED) is 0.750. The number of rotatable bonds is 4. The molecule has 0 radical (unpaired) electrons. The number of methoxy groups -OCH3 is 1. The van der Waals surface area contributed by atoms with E-state index in [9.17, 15) is 18.0 Å². The number of carboxylic acid groups (broad SMARTS) is 1. The average molecular weight is 460 g/mol. The molecular weight excluding hydrogens is 437 g/mol. The zero-order chi connectivity index (χ0) is 23.2. The summed E-state index contributed by atoms with van der Waals surface area (Å²) in [6.07, 6.45) is -5.08.